The largest absolute Gasteiger partial charge is 0.472 e. The van der Waals surface area contributed by atoms with Crippen molar-refractivity contribution in [2.75, 3.05) is 39.6 Å². The molecule has 618 valence electrons. The van der Waals surface area contributed by atoms with Crippen molar-refractivity contribution in [3.05, 3.63) is 0 Å². The lowest BCUT2D eigenvalue weighted by molar-refractivity contribution is -0.161. The summed E-state index contributed by atoms with van der Waals surface area (Å²) < 4.78 is 68.8. The van der Waals surface area contributed by atoms with Gasteiger partial charge in [-0.15, -0.1) is 0 Å². The first-order chi connectivity index (χ1) is 50.4. The lowest BCUT2D eigenvalue weighted by atomic mass is 9.99. The molecule has 0 saturated carbocycles. The summed E-state index contributed by atoms with van der Waals surface area (Å²) in [6, 6.07) is 0. The summed E-state index contributed by atoms with van der Waals surface area (Å²) in [5, 5.41) is 10.7. The Morgan fingerprint density at radius 1 is 0.279 bits per heavy atom. The quantitative estimate of drug-likeness (QED) is 0.0222. The van der Waals surface area contributed by atoms with E-state index in [0.29, 0.717) is 25.7 Å². The summed E-state index contributed by atoms with van der Waals surface area (Å²) in [5.74, 6) is -0.410. The summed E-state index contributed by atoms with van der Waals surface area (Å²) in [7, 11) is -9.92. The summed E-state index contributed by atoms with van der Waals surface area (Å²) in [4.78, 5) is 73.1. The van der Waals surface area contributed by atoms with E-state index in [9.17, 15) is 43.2 Å². The normalized spacial score (nSPS) is 14.1. The van der Waals surface area contributed by atoms with Gasteiger partial charge in [0.25, 0.3) is 0 Å². The zero-order chi connectivity index (χ0) is 76.4. The molecule has 0 bridgehead atoms. The number of aliphatic hydroxyl groups is 1. The Morgan fingerprint density at radius 3 is 0.731 bits per heavy atom. The number of phosphoric acid groups is 2. The maximum atomic E-state index is 13.1. The molecule has 0 aromatic rings. The van der Waals surface area contributed by atoms with Crippen molar-refractivity contribution in [2.45, 2.75) is 471 Å². The minimum atomic E-state index is -4.96. The lowest BCUT2D eigenvalue weighted by Crippen LogP contribution is -2.30. The second-order valence-electron chi connectivity index (χ2n) is 31.3. The molecule has 3 N–H and O–H groups in total. The molecule has 0 aromatic heterocycles. The van der Waals surface area contributed by atoms with Crippen LogP contribution in [0, 0.1) is 11.8 Å². The zero-order valence-corrected chi connectivity index (χ0v) is 70.1. The molecule has 0 radical (unpaired) electrons. The van der Waals surface area contributed by atoms with Crippen molar-refractivity contribution in [1.82, 2.24) is 0 Å². The van der Waals surface area contributed by atoms with Crippen LogP contribution in [0.5, 0.6) is 0 Å². The minimum absolute atomic E-state index is 0.107. The van der Waals surface area contributed by atoms with Crippen molar-refractivity contribution in [1.29, 1.82) is 0 Å². The number of aliphatic hydroxyl groups excluding tert-OH is 1. The van der Waals surface area contributed by atoms with Crippen LogP contribution < -0.4 is 0 Å². The molecule has 17 nitrogen and oxygen atoms in total. The molecule has 0 aliphatic heterocycles. The Hall–Kier alpha value is -1.94. The summed E-state index contributed by atoms with van der Waals surface area (Å²) >= 11 is 0. The van der Waals surface area contributed by atoms with Crippen LogP contribution in [0.15, 0.2) is 0 Å². The van der Waals surface area contributed by atoms with E-state index in [4.69, 9.17) is 37.0 Å². The Labute approximate surface area is 638 Å². The third kappa shape index (κ3) is 76.8. The molecule has 19 heteroatoms. The van der Waals surface area contributed by atoms with Crippen molar-refractivity contribution < 1.29 is 80.2 Å². The van der Waals surface area contributed by atoms with Crippen molar-refractivity contribution in [3.8, 4) is 0 Å². The van der Waals surface area contributed by atoms with Gasteiger partial charge in [-0.3, -0.25) is 37.3 Å². The Balaban J connectivity index is 5.18. The van der Waals surface area contributed by atoms with E-state index in [-0.39, 0.29) is 25.7 Å². The highest BCUT2D eigenvalue weighted by molar-refractivity contribution is 7.47. The first-order valence-electron chi connectivity index (χ1n) is 44.0. The van der Waals surface area contributed by atoms with E-state index in [1.807, 2.05) is 0 Å². The van der Waals surface area contributed by atoms with Gasteiger partial charge in [0.05, 0.1) is 26.4 Å². The first-order valence-corrected chi connectivity index (χ1v) is 47.0. The summed E-state index contributed by atoms with van der Waals surface area (Å²) in [6.45, 7) is 9.75. The van der Waals surface area contributed by atoms with Gasteiger partial charge >= 0.3 is 39.5 Å². The number of carbonyl (C=O) groups excluding carboxylic acids is 4. The van der Waals surface area contributed by atoms with Gasteiger partial charge in [0.1, 0.15) is 19.3 Å². The number of carbonyl (C=O) groups is 4. The molecule has 0 saturated heterocycles. The van der Waals surface area contributed by atoms with Crippen LogP contribution in [0.25, 0.3) is 0 Å². The summed E-state index contributed by atoms with van der Waals surface area (Å²) in [6.07, 6.45) is 68.1. The zero-order valence-electron chi connectivity index (χ0n) is 68.3. The van der Waals surface area contributed by atoms with E-state index in [2.05, 4.69) is 41.5 Å². The average Bonchev–Trinajstić information content (AvgIpc) is 0.938. The van der Waals surface area contributed by atoms with E-state index >= 15 is 0 Å². The molecule has 0 spiro atoms. The highest BCUT2D eigenvalue weighted by Crippen LogP contribution is 2.45. The van der Waals surface area contributed by atoms with Crippen LogP contribution in [0.3, 0.4) is 0 Å². The Bertz CT molecular complexity index is 2000. The molecule has 0 aromatic carbocycles. The number of rotatable bonds is 84. The van der Waals surface area contributed by atoms with Gasteiger partial charge in [0.15, 0.2) is 12.2 Å². The number of phosphoric ester groups is 2. The predicted molar refractivity (Wildman–Crippen MR) is 428 cm³/mol. The molecule has 0 aliphatic rings. The second-order valence-corrected chi connectivity index (χ2v) is 34.2. The fraction of sp³-hybridized carbons (Fsp3) is 0.953. The standard InChI is InChI=1S/C85H166O17P2/c1-7-10-12-14-16-18-36-45-51-57-63-69-84(89)101-80(73-95-82(87)67-61-55-49-43-19-17-15-13-11-8-2)75-99-103(91,92)97-71-79(86)72-98-104(93,94)100-76-81(74-96-83(88)68-62-56-50-44-39-34-30-26-22-20-24-28-32-37-41-47-53-59-65-77(4)5)102-85(90)70-64-58-52-46-40-35-31-27-23-21-25-29-33-38-42-48-54-60-66-78(6)9-3/h77-81,86H,7-76H2,1-6H3,(H,91,92)(H,93,94)/t78?,79-,80+,81+/m0/s1. The van der Waals surface area contributed by atoms with E-state index < -0.39 is 97.5 Å². The van der Waals surface area contributed by atoms with Crippen LogP contribution in [-0.2, 0) is 65.4 Å². The minimum Gasteiger partial charge on any atom is -0.462 e. The van der Waals surface area contributed by atoms with E-state index in [1.54, 1.807) is 0 Å². The number of hydrogen-bond acceptors (Lipinski definition) is 15. The lowest BCUT2D eigenvalue weighted by Gasteiger charge is -2.21. The molecule has 3 unspecified atom stereocenters. The van der Waals surface area contributed by atoms with Crippen LogP contribution in [0.4, 0.5) is 0 Å². The average molecular weight is 1520 g/mol. The Morgan fingerprint density at radius 2 is 0.490 bits per heavy atom. The van der Waals surface area contributed by atoms with Crippen molar-refractivity contribution >= 4 is 39.5 Å². The van der Waals surface area contributed by atoms with E-state index in [0.717, 1.165) is 102 Å². The highest BCUT2D eigenvalue weighted by atomic mass is 31.2. The molecule has 104 heavy (non-hydrogen) atoms. The second kappa shape index (κ2) is 76.4. The fourth-order valence-electron chi connectivity index (χ4n) is 13.2. The molecule has 0 aliphatic carbocycles. The van der Waals surface area contributed by atoms with Crippen LogP contribution in [0.1, 0.15) is 452 Å². The van der Waals surface area contributed by atoms with E-state index in [1.165, 1.54) is 270 Å². The molecule has 6 atom stereocenters. The number of esters is 4. The van der Waals surface area contributed by atoms with Crippen molar-refractivity contribution in [3.63, 3.8) is 0 Å². The number of hydrogen-bond donors (Lipinski definition) is 3. The number of unbranched alkanes of at least 4 members (excludes halogenated alkanes) is 53. The van der Waals surface area contributed by atoms with Gasteiger partial charge in [-0.25, -0.2) is 9.13 Å². The van der Waals surface area contributed by atoms with Crippen LogP contribution >= 0.6 is 15.6 Å². The maximum Gasteiger partial charge on any atom is 0.472 e. The Kier molecular flexibility index (Phi) is 75.0. The number of ether oxygens (including phenoxy) is 4. The molecule has 0 rings (SSSR count). The van der Waals surface area contributed by atoms with Gasteiger partial charge in [-0.05, 0) is 37.5 Å². The third-order valence-corrected chi connectivity index (χ3v) is 22.2. The topological polar surface area (TPSA) is 237 Å². The predicted octanol–water partition coefficient (Wildman–Crippen LogP) is 25.8. The van der Waals surface area contributed by atoms with Gasteiger partial charge in [-0.1, -0.05) is 401 Å². The van der Waals surface area contributed by atoms with Crippen LogP contribution in [0.2, 0.25) is 0 Å². The van der Waals surface area contributed by atoms with Crippen molar-refractivity contribution in [2.24, 2.45) is 11.8 Å². The summed E-state index contributed by atoms with van der Waals surface area (Å²) in [5.41, 5.74) is 0. The van der Waals surface area contributed by atoms with Gasteiger partial charge in [-0.2, -0.15) is 0 Å². The molecule has 0 fully saturated rings. The monoisotopic (exact) mass is 1520 g/mol. The van der Waals surface area contributed by atoms with Crippen LogP contribution in [-0.4, -0.2) is 96.7 Å². The first kappa shape index (κ1) is 102. The van der Waals surface area contributed by atoms with Gasteiger partial charge in [0.2, 0.25) is 0 Å². The third-order valence-electron chi connectivity index (χ3n) is 20.3. The smallest absolute Gasteiger partial charge is 0.462 e. The molecular weight excluding hydrogens is 1350 g/mol. The van der Waals surface area contributed by atoms with Gasteiger partial charge in [0, 0.05) is 25.7 Å². The molecule has 0 heterocycles. The maximum absolute atomic E-state index is 13.1. The fourth-order valence-corrected chi connectivity index (χ4v) is 14.8. The SMILES string of the molecule is CCCCCCCCCCCCCC(=O)O[C@H](COC(=O)CCCCCCCCCCCC)COP(=O)(O)OC[C@H](O)COP(=O)(O)OC[C@@H](COC(=O)CCCCCCCCCCCCCCCCCCCCC(C)C)OC(=O)CCCCCCCCCCCCCCCCCCCCC(C)CC. The molecular formula is C85H166O17P2. The highest BCUT2D eigenvalue weighted by Gasteiger charge is 2.30. The van der Waals surface area contributed by atoms with Gasteiger partial charge < -0.3 is 33.8 Å². The molecule has 0 amide bonds.